The zero-order valence-corrected chi connectivity index (χ0v) is 12.0. The van der Waals surface area contributed by atoms with Gasteiger partial charge < -0.3 is 9.84 Å². The second-order valence-corrected chi connectivity index (χ2v) is 5.41. The molecule has 0 spiro atoms. The third kappa shape index (κ3) is 2.77. The number of carboxylic acid groups (broad SMARTS) is 1. The smallest absolute Gasteiger partial charge is 0.306 e. The molecule has 0 saturated carbocycles. The first-order valence-corrected chi connectivity index (χ1v) is 6.74. The Morgan fingerprint density at radius 3 is 2.60 bits per heavy atom. The minimum atomic E-state index is -0.752. The van der Waals surface area contributed by atoms with Crippen LogP contribution in [0, 0.1) is 17.7 Å². The third-order valence-corrected chi connectivity index (χ3v) is 4.24. The number of aliphatic carboxylic acids is 1. The van der Waals surface area contributed by atoms with Gasteiger partial charge >= 0.3 is 5.97 Å². The molecule has 0 radical (unpaired) electrons. The Morgan fingerprint density at radius 1 is 1.45 bits per heavy atom. The molecule has 20 heavy (non-hydrogen) atoms. The molecule has 110 valence electrons. The molecule has 1 aromatic rings. The third-order valence-electron chi connectivity index (χ3n) is 4.24. The zero-order chi connectivity index (χ0) is 14.9. The summed E-state index contributed by atoms with van der Waals surface area (Å²) in [7, 11) is 1.44. The van der Waals surface area contributed by atoms with Crippen LogP contribution in [0.15, 0.2) is 18.2 Å². The predicted octanol–water partition coefficient (Wildman–Crippen LogP) is 2.55. The first kappa shape index (κ1) is 14.8. The minimum Gasteiger partial charge on any atom is -0.494 e. The van der Waals surface area contributed by atoms with E-state index in [0.717, 1.165) is 18.7 Å². The van der Waals surface area contributed by atoms with Crippen molar-refractivity contribution in [1.82, 2.24) is 4.90 Å². The van der Waals surface area contributed by atoms with Crippen LogP contribution in [-0.4, -0.2) is 36.2 Å². The van der Waals surface area contributed by atoms with Crippen LogP contribution >= 0.6 is 0 Å². The highest BCUT2D eigenvalue weighted by atomic mass is 19.1. The number of likely N-dealkylation sites (tertiary alicyclic amines) is 1. The minimum absolute atomic E-state index is 0.0765. The van der Waals surface area contributed by atoms with Gasteiger partial charge in [0.1, 0.15) is 0 Å². The maximum absolute atomic E-state index is 13.7. The van der Waals surface area contributed by atoms with E-state index in [4.69, 9.17) is 9.84 Å². The van der Waals surface area contributed by atoms with Crippen LogP contribution in [-0.2, 0) is 4.79 Å². The lowest BCUT2D eigenvalue weighted by Crippen LogP contribution is -2.51. The lowest BCUT2D eigenvalue weighted by Gasteiger charge is -2.45. The summed E-state index contributed by atoms with van der Waals surface area (Å²) in [5.74, 6) is -1.03. The number of benzene rings is 1. The van der Waals surface area contributed by atoms with Crippen molar-refractivity contribution in [3.63, 3.8) is 0 Å². The van der Waals surface area contributed by atoms with Gasteiger partial charge in [-0.25, -0.2) is 4.39 Å². The van der Waals surface area contributed by atoms with Gasteiger partial charge in [-0.05, 0) is 30.5 Å². The molecule has 1 aliphatic heterocycles. The molecule has 0 amide bonds. The summed E-state index contributed by atoms with van der Waals surface area (Å²) in [5, 5.41) is 8.97. The molecule has 0 aromatic heterocycles. The van der Waals surface area contributed by atoms with Crippen LogP contribution in [0.1, 0.15) is 25.5 Å². The molecule has 2 rings (SSSR count). The number of methoxy groups -OCH3 is 1. The molecule has 1 aliphatic rings. The number of hydrogen-bond donors (Lipinski definition) is 1. The standard InChI is InChI=1S/C15H20FNO3/c1-9(15(18)19)12-7-17(8-12)10(2)11-4-5-14(20-3)13(16)6-11/h4-6,9-10,12H,7-8H2,1-3H3,(H,18,19). The van der Waals surface area contributed by atoms with E-state index in [-0.39, 0.29) is 29.4 Å². The van der Waals surface area contributed by atoms with Crippen molar-refractivity contribution in [3.8, 4) is 5.75 Å². The highest BCUT2D eigenvalue weighted by Gasteiger charge is 2.37. The van der Waals surface area contributed by atoms with Gasteiger partial charge in [0.2, 0.25) is 0 Å². The molecule has 2 unspecified atom stereocenters. The van der Waals surface area contributed by atoms with E-state index in [1.165, 1.54) is 13.2 Å². The zero-order valence-electron chi connectivity index (χ0n) is 12.0. The number of hydrogen-bond acceptors (Lipinski definition) is 3. The molecule has 1 aromatic carbocycles. The molecular weight excluding hydrogens is 261 g/mol. The fraction of sp³-hybridized carbons (Fsp3) is 0.533. The molecule has 0 bridgehead atoms. The number of carbonyl (C=O) groups is 1. The summed E-state index contributed by atoms with van der Waals surface area (Å²) in [6.45, 7) is 5.22. The summed E-state index contributed by atoms with van der Waals surface area (Å²) in [5.41, 5.74) is 0.879. The first-order valence-electron chi connectivity index (χ1n) is 6.74. The van der Waals surface area contributed by atoms with Crippen molar-refractivity contribution >= 4 is 5.97 Å². The largest absolute Gasteiger partial charge is 0.494 e. The summed E-state index contributed by atoms with van der Waals surface area (Å²) >= 11 is 0. The average Bonchev–Trinajstić information content (AvgIpc) is 2.36. The van der Waals surface area contributed by atoms with E-state index >= 15 is 0 Å². The Labute approximate surface area is 118 Å². The number of carboxylic acids is 1. The molecular formula is C15H20FNO3. The molecule has 1 fully saturated rings. The Balaban J connectivity index is 1.98. The normalized spacial score (nSPS) is 19.2. The van der Waals surface area contributed by atoms with Crippen LogP contribution in [0.5, 0.6) is 5.75 Å². The Hall–Kier alpha value is -1.62. The van der Waals surface area contributed by atoms with Crippen molar-refractivity contribution in [3.05, 3.63) is 29.6 Å². The molecule has 1 heterocycles. The van der Waals surface area contributed by atoms with E-state index in [2.05, 4.69) is 4.90 Å². The SMILES string of the molecule is COc1ccc(C(C)N2CC(C(C)C(=O)O)C2)cc1F. The summed E-state index contributed by atoms with van der Waals surface area (Å²) in [6.07, 6.45) is 0. The topological polar surface area (TPSA) is 49.8 Å². The second kappa shape index (κ2) is 5.79. The van der Waals surface area contributed by atoms with Crippen molar-refractivity contribution in [2.45, 2.75) is 19.9 Å². The summed E-state index contributed by atoms with van der Waals surface area (Å²) < 4.78 is 18.6. The van der Waals surface area contributed by atoms with Crippen LogP contribution < -0.4 is 4.74 Å². The molecule has 4 nitrogen and oxygen atoms in total. The van der Waals surface area contributed by atoms with E-state index in [0.29, 0.717) is 0 Å². The van der Waals surface area contributed by atoms with Gasteiger partial charge in [0, 0.05) is 19.1 Å². The average molecular weight is 281 g/mol. The van der Waals surface area contributed by atoms with Crippen molar-refractivity contribution in [2.24, 2.45) is 11.8 Å². The quantitative estimate of drug-likeness (QED) is 0.901. The molecule has 1 N–H and O–H groups in total. The second-order valence-electron chi connectivity index (χ2n) is 5.41. The summed E-state index contributed by atoms with van der Waals surface area (Å²) in [6, 6.07) is 5.03. The van der Waals surface area contributed by atoms with E-state index in [1.54, 1.807) is 13.0 Å². The molecule has 0 aliphatic carbocycles. The lowest BCUT2D eigenvalue weighted by molar-refractivity contribution is -0.146. The highest BCUT2D eigenvalue weighted by molar-refractivity contribution is 5.70. The lowest BCUT2D eigenvalue weighted by atomic mass is 9.85. The van der Waals surface area contributed by atoms with Gasteiger partial charge in [0.05, 0.1) is 13.0 Å². The molecule has 5 heteroatoms. The van der Waals surface area contributed by atoms with Gasteiger partial charge in [-0.2, -0.15) is 0 Å². The van der Waals surface area contributed by atoms with Crippen LogP contribution in [0.3, 0.4) is 0 Å². The number of halogens is 1. The van der Waals surface area contributed by atoms with E-state index in [9.17, 15) is 9.18 Å². The van der Waals surface area contributed by atoms with Gasteiger partial charge in [0.25, 0.3) is 0 Å². The Morgan fingerprint density at radius 2 is 2.10 bits per heavy atom. The van der Waals surface area contributed by atoms with Gasteiger partial charge in [0.15, 0.2) is 11.6 Å². The molecule has 2 atom stereocenters. The van der Waals surface area contributed by atoms with Gasteiger partial charge in [-0.15, -0.1) is 0 Å². The Kier molecular flexibility index (Phi) is 4.28. The maximum Gasteiger partial charge on any atom is 0.306 e. The number of nitrogens with zero attached hydrogens (tertiary/aromatic N) is 1. The van der Waals surface area contributed by atoms with Crippen LogP contribution in [0.2, 0.25) is 0 Å². The Bertz CT molecular complexity index is 500. The van der Waals surface area contributed by atoms with Crippen molar-refractivity contribution in [2.75, 3.05) is 20.2 Å². The van der Waals surface area contributed by atoms with E-state index < -0.39 is 5.97 Å². The van der Waals surface area contributed by atoms with Gasteiger partial charge in [-0.3, -0.25) is 9.69 Å². The fourth-order valence-corrected chi connectivity index (χ4v) is 2.54. The van der Waals surface area contributed by atoms with E-state index in [1.807, 2.05) is 13.0 Å². The number of rotatable bonds is 5. The monoisotopic (exact) mass is 281 g/mol. The first-order chi connectivity index (χ1) is 9.43. The molecule has 1 saturated heterocycles. The predicted molar refractivity (Wildman–Crippen MR) is 73.2 cm³/mol. The highest BCUT2D eigenvalue weighted by Crippen LogP contribution is 2.33. The fourth-order valence-electron chi connectivity index (χ4n) is 2.54. The van der Waals surface area contributed by atoms with Gasteiger partial charge in [-0.1, -0.05) is 13.0 Å². The van der Waals surface area contributed by atoms with Crippen molar-refractivity contribution in [1.29, 1.82) is 0 Å². The maximum atomic E-state index is 13.7. The summed E-state index contributed by atoms with van der Waals surface area (Å²) in [4.78, 5) is 13.1. The van der Waals surface area contributed by atoms with Crippen molar-refractivity contribution < 1.29 is 19.0 Å². The number of ether oxygens (including phenoxy) is 1. The van der Waals surface area contributed by atoms with Crippen LogP contribution in [0.4, 0.5) is 4.39 Å². The van der Waals surface area contributed by atoms with Crippen LogP contribution in [0.25, 0.3) is 0 Å².